The van der Waals surface area contributed by atoms with E-state index in [1.54, 1.807) is 0 Å². The van der Waals surface area contributed by atoms with Crippen LogP contribution in [0.2, 0.25) is 0 Å². The fourth-order valence-corrected chi connectivity index (χ4v) is 2.36. The largest absolute Gasteiger partial charge is 0.629 e. The van der Waals surface area contributed by atoms with Gasteiger partial charge in [0, 0.05) is 6.92 Å². The molecule has 15 heavy (non-hydrogen) atoms. The summed E-state index contributed by atoms with van der Waals surface area (Å²) >= 11 is 0. The van der Waals surface area contributed by atoms with Gasteiger partial charge >= 0.3 is 0 Å². The summed E-state index contributed by atoms with van der Waals surface area (Å²) < 4.78 is 0. The average Bonchev–Trinajstić information content (AvgIpc) is 2.43. The van der Waals surface area contributed by atoms with E-state index in [2.05, 4.69) is 18.2 Å². The van der Waals surface area contributed by atoms with E-state index < -0.39 is 0 Å². The smallest absolute Gasteiger partial charge is 0.107 e. The van der Waals surface area contributed by atoms with Gasteiger partial charge in [-0.25, -0.2) is 0 Å². The summed E-state index contributed by atoms with van der Waals surface area (Å²) in [6.45, 7) is 5.97. The highest BCUT2D eigenvalue weighted by atomic mass is 16.5. The Morgan fingerprint density at radius 1 is 1.20 bits per heavy atom. The Kier molecular flexibility index (Phi) is 2.41. The number of nitrogens with one attached hydrogen (secondary N) is 1. The molecular weight excluding hydrogens is 186 g/mol. The lowest BCUT2D eigenvalue weighted by Crippen LogP contribution is -3.12. The molecule has 80 valence electrons. The number of quaternary nitrogens is 1. The van der Waals surface area contributed by atoms with E-state index in [4.69, 9.17) is 0 Å². The number of hydrogen-bond donors (Lipinski definition) is 1. The first-order valence-corrected chi connectivity index (χ1v) is 5.31. The van der Waals surface area contributed by atoms with Crippen LogP contribution in [0.1, 0.15) is 32.3 Å². The number of hydroxylamine groups is 2. The maximum absolute atomic E-state index is 11.9. The number of allylic oxidation sites excluding steroid dienone is 1. The fraction of sp³-hybridized carbons (Fsp3) is 0.385. The van der Waals surface area contributed by atoms with E-state index in [1.807, 2.05) is 39.0 Å². The first-order valence-electron chi connectivity index (χ1n) is 5.31. The van der Waals surface area contributed by atoms with Gasteiger partial charge in [0.15, 0.2) is 0 Å². The summed E-state index contributed by atoms with van der Waals surface area (Å²) in [7, 11) is 0. The number of hydrogen-bond acceptors (Lipinski definition) is 1. The van der Waals surface area contributed by atoms with E-state index in [1.165, 1.54) is 5.56 Å². The Morgan fingerprint density at radius 3 is 2.27 bits per heavy atom. The minimum absolute atomic E-state index is 0.228. The molecule has 0 radical (unpaired) electrons. The second-order valence-corrected chi connectivity index (χ2v) is 4.79. The maximum atomic E-state index is 11.9. The van der Waals surface area contributed by atoms with Crippen LogP contribution in [0, 0.1) is 5.21 Å². The SMILES string of the molecule is CC1=CC(c2ccccc2)C(C)(C)[NH+]1[O-]. The van der Waals surface area contributed by atoms with E-state index >= 15 is 0 Å². The highest BCUT2D eigenvalue weighted by Gasteiger charge is 2.41. The third-order valence-electron chi connectivity index (χ3n) is 3.30. The van der Waals surface area contributed by atoms with Crippen LogP contribution in [0.3, 0.4) is 0 Å². The molecule has 2 atom stereocenters. The Bertz CT molecular complexity index is 381. The summed E-state index contributed by atoms with van der Waals surface area (Å²) in [5, 5.41) is 12.2. The molecule has 0 amide bonds. The molecule has 0 spiro atoms. The molecule has 2 unspecified atom stereocenters. The van der Waals surface area contributed by atoms with Gasteiger partial charge in [-0.2, -0.15) is 0 Å². The minimum Gasteiger partial charge on any atom is -0.629 e. The van der Waals surface area contributed by atoms with Crippen molar-refractivity contribution in [1.82, 2.24) is 0 Å². The Morgan fingerprint density at radius 2 is 1.80 bits per heavy atom. The van der Waals surface area contributed by atoms with Crippen LogP contribution < -0.4 is 5.06 Å². The van der Waals surface area contributed by atoms with Crippen LogP contribution in [0.25, 0.3) is 0 Å². The van der Waals surface area contributed by atoms with Gasteiger partial charge in [-0.1, -0.05) is 30.3 Å². The van der Waals surface area contributed by atoms with Gasteiger partial charge in [0.1, 0.15) is 11.2 Å². The molecule has 1 aliphatic heterocycles. The van der Waals surface area contributed by atoms with Gasteiger partial charge in [0.05, 0.1) is 5.92 Å². The second kappa shape index (κ2) is 3.47. The quantitative estimate of drug-likeness (QED) is 0.693. The van der Waals surface area contributed by atoms with Crippen molar-refractivity contribution in [1.29, 1.82) is 0 Å². The van der Waals surface area contributed by atoms with Crippen molar-refractivity contribution < 1.29 is 5.06 Å². The predicted octanol–water partition coefficient (Wildman–Crippen LogP) is 1.85. The van der Waals surface area contributed by atoms with E-state index in [0.717, 1.165) is 5.70 Å². The molecule has 1 aromatic carbocycles. The first kappa shape index (κ1) is 10.4. The summed E-state index contributed by atoms with van der Waals surface area (Å²) in [6.07, 6.45) is 2.09. The maximum Gasteiger partial charge on any atom is 0.107 e. The normalized spacial score (nSPS) is 28.9. The van der Waals surface area contributed by atoms with Gasteiger partial charge in [-0.05, 0) is 25.5 Å². The molecule has 0 fully saturated rings. The van der Waals surface area contributed by atoms with Crippen LogP contribution in [0.15, 0.2) is 42.1 Å². The van der Waals surface area contributed by atoms with Crippen molar-refractivity contribution in [3.8, 4) is 0 Å². The summed E-state index contributed by atoms with van der Waals surface area (Å²) in [5.41, 5.74) is 1.84. The van der Waals surface area contributed by atoms with Crippen molar-refractivity contribution in [3.05, 3.63) is 52.9 Å². The Balaban J connectivity index is 2.40. The van der Waals surface area contributed by atoms with Crippen molar-refractivity contribution in [2.45, 2.75) is 32.2 Å². The van der Waals surface area contributed by atoms with E-state index in [9.17, 15) is 5.21 Å². The van der Waals surface area contributed by atoms with Crippen LogP contribution in [-0.4, -0.2) is 5.54 Å². The molecule has 0 bridgehead atoms. The molecule has 1 heterocycles. The molecule has 0 saturated heterocycles. The summed E-state index contributed by atoms with van der Waals surface area (Å²) in [4.78, 5) is 0. The highest BCUT2D eigenvalue weighted by molar-refractivity contribution is 5.29. The highest BCUT2D eigenvalue weighted by Crippen LogP contribution is 2.31. The standard InChI is InChI=1S/C13H17NO/c1-10-9-12(13(2,3)14(10)15)11-7-5-4-6-8-11/h4-9,12,14H,1-3H3. The van der Waals surface area contributed by atoms with Gasteiger partial charge in [-0.3, -0.25) is 0 Å². The first-order chi connectivity index (χ1) is 7.03. The van der Waals surface area contributed by atoms with Crippen LogP contribution in [0.5, 0.6) is 0 Å². The van der Waals surface area contributed by atoms with Crippen LogP contribution in [-0.2, 0) is 0 Å². The topological polar surface area (TPSA) is 27.5 Å². The van der Waals surface area contributed by atoms with Crippen molar-refractivity contribution >= 4 is 0 Å². The number of benzene rings is 1. The lowest BCUT2D eigenvalue weighted by Gasteiger charge is -2.36. The van der Waals surface area contributed by atoms with Gasteiger partial charge in [0.25, 0.3) is 0 Å². The molecule has 1 aromatic rings. The van der Waals surface area contributed by atoms with Crippen LogP contribution in [0.4, 0.5) is 0 Å². The predicted molar refractivity (Wildman–Crippen MR) is 61.3 cm³/mol. The molecule has 2 heteroatoms. The van der Waals surface area contributed by atoms with Gasteiger partial charge in [0.2, 0.25) is 0 Å². The fourth-order valence-electron chi connectivity index (χ4n) is 2.36. The Labute approximate surface area is 90.8 Å². The van der Waals surface area contributed by atoms with Gasteiger partial charge < -0.3 is 10.3 Å². The van der Waals surface area contributed by atoms with E-state index in [0.29, 0.717) is 0 Å². The number of rotatable bonds is 1. The molecule has 2 rings (SSSR count). The molecule has 1 N–H and O–H groups in total. The second-order valence-electron chi connectivity index (χ2n) is 4.79. The summed E-state index contributed by atoms with van der Waals surface area (Å²) in [6, 6.07) is 10.2. The van der Waals surface area contributed by atoms with Crippen molar-refractivity contribution in [2.24, 2.45) is 0 Å². The zero-order chi connectivity index (χ0) is 11.1. The lowest BCUT2D eigenvalue weighted by molar-refractivity contribution is -0.856. The zero-order valence-corrected chi connectivity index (χ0v) is 9.45. The van der Waals surface area contributed by atoms with Crippen LogP contribution >= 0.6 is 0 Å². The third kappa shape index (κ3) is 1.60. The summed E-state index contributed by atoms with van der Waals surface area (Å²) in [5.74, 6) is 0.228. The average molecular weight is 203 g/mol. The molecule has 1 aliphatic rings. The molecule has 0 aromatic heterocycles. The molecule has 0 saturated carbocycles. The Hall–Kier alpha value is -1.12. The van der Waals surface area contributed by atoms with Crippen molar-refractivity contribution in [2.75, 3.05) is 0 Å². The van der Waals surface area contributed by atoms with Gasteiger partial charge in [-0.15, -0.1) is 0 Å². The zero-order valence-electron chi connectivity index (χ0n) is 9.45. The molecular formula is C13H17NO. The monoisotopic (exact) mass is 203 g/mol. The molecule has 2 nitrogen and oxygen atoms in total. The lowest BCUT2D eigenvalue weighted by atomic mass is 9.84. The van der Waals surface area contributed by atoms with E-state index in [-0.39, 0.29) is 16.5 Å². The van der Waals surface area contributed by atoms with Crippen molar-refractivity contribution in [3.63, 3.8) is 0 Å². The molecule has 0 aliphatic carbocycles. The minimum atomic E-state index is -0.286. The third-order valence-corrected chi connectivity index (χ3v) is 3.30.